The van der Waals surface area contributed by atoms with E-state index in [4.69, 9.17) is 0 Å². The van der Waals surface area contributed by atoms with Crippen molar-refractivity contribution in [3.05, 3.63) is 29.8 Å². The van der Waals surface area contributed by atoms with Crippen molar-refractivity contribution >= 4 is 27.7 Å². The van der Waals surface area contributed by atoms with Gasteiger partial charge in [-0.05, 0) is 37.1 Å². The van der Waals surface area contributed by atoms with Crippen LogP contribution in [0.5, 0.6) is 0 Å². The maximum atomic E-state index is 12.3. The number of carbonyl (C=O) groups excluding carboxylic acids is 3. The summed E-state index contributed by atoms with van der Waals surface area (Å²) in [7, 11) is 0.192. The van der Waals surface area contributed by atoms with Gasteiger partial charge in [0.1, 0.15) is 6.04 Å². The van der Waals surface area contributed by atoms with Gasteiger partial charge in [0.25, 0.3) is 15.9 Å². The molecule has 0 aliphatic carbocycles. The molecule has 0 spiro atoms. The highest BCUT2D eigenvalue weighted by molar-refractivity contribution is 7.89. The average Bonchev–Trinajstić information content (AvgIpc) is 3.20. The van der Waals surface area contributed by atoms with E-state index in [0.717, 1.165) is 6.42 Å². The van der Waals surface area contributed by atoms with Crippen LogP contribution < -0.4 is 10.6 Å². The number of likely N-dealkylation sites (N-methyl/N-ethyl adjacent to an activating group) is 1. The van der Waals surface area contributed by atoms with Gasteiger partial charge in [0.2, 0.25) is 11.8 Å². The molecule has 1 heterocycles. The lowest BCUT2D eigenvalue weighted by atomic mass is 10.2. The van der Waals surface area contributed by atoms with Crippen LogP contribution in [0.4, 0.5) is 0 Å². The first-order chi connectivity index (χ1) is 13.2. The number of hydrogen-bond acceptors (Lipinski definition) is 6. The van der Waals surface area contributed by atoms with Crippen LogP contribution in [0.15, 0.2) is 29.2 Å². The number of hydrogen-bond donors (Lipinski definition) is 2. The van der Waals surface area contributed by atoms with Crippen LogP contribution in [0.1, 0.15) is 23.2 Å². The van der Waals surface area contributed by atoms with Crippen LogP contribution in [0.3, 0.4) is 0 Å². The van der Waals surface area contributed by atoms with Gasteiger partial charge in [0, 0.05) is 26.2 Å². The maximum absolute atomic E-state index is 12.3. The number of sulfonamides is 1. The fourth-order valence-electron chi connectivity index (χ4n) is 2.89. The minimum atomic E-state index is -3.80. The number of amides is 3. The SMILES string of the molecule is CNC(=O)C1CCCN1C(=O)CNC(=O)c1ccc(S(=O)(=O)N(C)OC)cc1. The van der Waals surface area contributed by atoms with Gasteiger partial charge < -0.3 is 15.5 Å². The number of nitrogens with one attached hydrogen (secondary N) is 2. The number of rotatable bonds is 7. The Kier molecular flexibility index (Phi) is 7.11. The van der Waals surface area contributed by atoms with E-state index in [9.17, 15) is 22.8 Å². The molecule has 1 aromatic carbocycles. The summed E-state index contributed by atoms with van der Waals surface area (Å²) in [5.74, 6) is -1.09. The quantitative estimate of drug-likeness (QED) is 0.573. The van der Waals surface area contributed by atoms with Crippen LogP contribution in [0, 0.1) is 0 Å². The molecule has 0 radical (unpaired) electrons. The van der Waals surface area contributed by atoms with Gasteiger partial charge in [0.15, 0.2) is 0 Å². The first-order valence-electron chi connectivity index (χ1n) is 8.64. The molecular weight excluding hydrogens is 388 g/mol. The Labute approximate surface area is 163 Å². The molecule has 2 rings (SSSR count). The van der Waals surface area contributed by atoms with Crippen LogP contribution in [-0.4, -0.2) is 75.8 Å². The highest BCUT2D eigenvalue weighted by Gasteiger charge is 2.33. The third-order valence-corrected chi connectivity index (χ3v) is 6.23. The second-order valence-electron chi connectivity index (χ2n) is 6.16. The summed E-state index contributed by atoms with van der Waals surface area (Å²) in [5, 5.41) is 5.03. The Morgan fingerprint density at radius 1 is 1.25 bits per heavy atom. The van der Waals surface area contributed by atoms with Crippen LogP contribution in [0.2, 0.25) is 0 Å². The lowest BCUT2D eigenvalue weighted by Crippen LogP contribution is -2.48. The molecule has 154 valence electrons. The first-order valence-corrected chi connectivity index (χ1v) is 10.1. The molecule has 3 amide bonds. The predicted octanol–water partition coefficient (Wildman–Crippen LogP) is -0.665. The third-order valence-electron chi connectivity index (χ3n) is 4.53. The van der Waals surface area contributed by atoms with Crippen molar-refractivity contribution in [2.24, 2.45) is 0 Å². The van der Waals surface area contributed by atoms with E-state index in [2.05, 4.69) is 15.5 Å². The van der Waals surface area contributed by atoms with Crippen LogP contribution in [0.25, 0.3) is 0 Å². The second-order valence-corrected chi connectivity index (χ2v) is 8.10. The fraction of sp³-hybridized carbons (Fsp3) is 0.471. The highest BCUT2D eigenvalue weighted by atomic mass is 32.2. The summed E-state index contributed by atoms with van der Waals surface area (Å²) in [5.41, 5.74) is 0.205. The molecule has 11 heteroatoms. The van der Waals surface area contributed by atoms with Gasteiger partial charge in [-0.15, -0.1) is 0 Å². The third kappa shape index (κ3) is 4.66. The van der Waals surface area contributed by atoms with E-state index in [1.165, 1.54) is 50.4 Å². The highest BCUT2D eigenvalue weighted by Crippen LogP contribution is 2.17. The molecule has 1 fully saturated rings. The van der Waals surface area contributed by atoms with Crippen molar-refractivity contribution in [1.82, 2.24) is 20.0 Å². The molecule has 1 aromatic rings. The maximum Gasteiger partial charge on any atom is 0.264 e. The van der Waals surface area contributed by atoms with Gasteiger partial charge in [-0.2, -0.15) is 0 Å². The van der Waals surface area contributed by atoms with E-state index in [-0.39, 0.29) is 28.8 Å². The molecule has 1 saturated heterocycles. The van der Waals surface area contributed by atoms with E-state index in [1.807, 2.05) is 0 Å². The Hall–Kier alpha value is -2.50. The molecule has 0 aromatic heterocycles. The zero-order chi connectivity index (χ0) is 20.9. The van der Waals surface area contributed by atoms with Gasteiger partial charge >= 0.3 is 0 Å². The van der Waals surface area contributed by atoms with Gasteiger partial charge in [-0.25, -0.2) is 8.42 Å². The first kappa shape index (κ1) is 21.8. The number of carbonyl (C=O) groups is 3. The minimum absolute atomic E-state index is 0.0324. The van der Waals surface area contributed by atoms with Crippen LogP contribution >= 0.6 is 0 Å². The Morgan fingerprint density at radius 2 is 1.89 bits per heavy atom. The van der Waals surface area contributed by atoms with E-state index >= 15 is 0 Å². The number of likely N-dealkylation sites (tertiary alicyclic amines) is 1. The lowest BCUT2D eigenvalue weighted by molar-refractivity contribution is -0.137. The number of hydroxylamine groups is 1. The molecular formula is C17H24N4O6S. The van der Waals surface area contributed by atoms with Crippen molar-refractivity contribution in [2.75, 3.05) is 34.3 Å². The van der Waals surface area contributed by atoms with Gasteiger partial charge in [-0.3, -0.25) is 19.2 Å². The monoisotopic (exact) mass is 412 g/mol. The summed E-state index contributed by atoms with van der Waals surface area (Å²) < 4.78 is 25.0. The predicted molar refractivity (Wildman–Crippen MR) is 99.5 cm³/mol. The zero-order valence-electron chi connectivity index (χ0n) is 16.0. The number of benzene rings is 1. The molecule has 1 aliphatic heterocycles. The Bertz CT molecular complexity index is 840. The summed E-state index contributed by atoms with van der Waals surface area (Å²) in [6.45, 7) is 0.213. The van der Waals surface area contributed by atoms with E-state index in [1.54, 1.807) is 0 Å². The van der Waals surface area contributed by atoms with E-state index in [0.29, 0.717) is 17.4 Å². The van der Waals surface area contributed by atoms with Gasteiger partial charge in [0.05, 0.1) is 18.6 Å². The molecule has 0 bridgehead atoms. The molecule has 10 nitrogen and oxygen atoms in total. The van der Waals surface area contributed by atoms with Crippen molar-refractivity contribution in [3.8, 4) is 0 Å². The largest absolute Gasteiger partial charge is 0.357 e. The number of nitrogens with zero attached hydrogens (tertiary/aromatic N) is 2. The summed E-state index contributed by atoms with van der Waals surface area (Å²) >= 11 is 0. The molecule has 0 saturated carbocycles. The van der Waals surface area contributed by atoms with E-state index < -0.39 is 22.0 Å². The van der Waals surface area contributed by atoms with Crippen LogP contribution in [-0.2, 0) is 24.4 Å². The molecule has 1 unspecified atom stereocenters. The van der Waals surface area contributed by atoms with Gasteiger partial charge in [-0.1, -0.05) is 4.47 Å². The standard InChI is InChI=1S/C17H24N4O6S/c1-18-17(24)14-5-4-10-21(14)15(22)11-19-16(23)12-6-8-13(9-7-12)28(25,26)20(2)27-3/h6-9,14H,4-5,10-11H2,1-3H3,(H,18,24)(H,19,23). The topological polar surface area (TPSA) is 125 Å². The zero-order valence-corrected chi connectivity index (χ0v) is 16.8. The summed E-state index contributed by atoms with van der Waals surface area (Å²) in [6.07, 6.45) is 1.31. The van der Waals surface area contributed by atoms with Crippen molar-refractivity contribution in [1.29, 1.82) is 0 Å². The smallest absolute Gasteiger partial charge is 0.264 e. The fourth-order valence-corrected chi connectivity index (χ4v) is 3.86. The summed E-state index contributed by atoms with van der Waals surface area (Å²) in [6, 6.07) is 4.74. The molecule has 1 aliphatic rings. The normalized spacial score (nSPS) is 16.9. The van der Waals surface area contributed by atoms with Crippen molar-refractivity contribution < 1.29 is 27.6 Å². The van der Waals surface area contributed by atoms with Crippen molar-refractivity contribution in [3.63, 3.8) is 0 Å². The lowest BCUT2D eigenvalue weighted by Gasteiger charge is -2.23. The Balaban J connectivity index is 1.98. The molecule has 28 heavy (non-hydrogen) atoms. The summed E-state index contributed by atoms with van der Waals surface area (Å²) in [4.78, 5) is 42.5. The second kappa shape index (κ2) is 9.13. The van der Waals surface area contributed by atoms with Crippen molar-refractivity contribution in [2.45, 2.75) is 23.8 Å². The molecule has 2 N–H and O–H groups in total. The Morgan fingerprint density at radius 3 is 2.46 bits per heavy atom. The average molecular weight is 412 g/mol. The minimum Gasteiger partial charge on any atom is -0.357 e. The molecule has 1 atom stereocenters.